The third-order valence-corrected chi connectivity index (χ3v) is 6.71. The van der Waals surface area contributed by atoms with Gasteiger partial charge >= 0.3 is 0 Å². The third kappa shape index (κ3) is 2.53. The first-order chi connectivity index (χ1) is 8.02. The second-order valence-electron chi connectivity index (χ2n) is 8.07. The predicted octanol–water partition coefficient (Wildman–Crippen LogP) is 5.93. The van der Waals surface area contributed by atoms with E-state index in [1.807, 2.05) is 0 Å². The van der Waals surface area contributed by atoms with Crippen molar-refractivity contribution in [2.75, 3.05) is 0 Å². The van der Waals surface area contributed by atoms with Gasteiger partial charge in [-0.1, -0.05) is 67.0 Å². The molecule has 0 amide bonds. The summed E-state index contributed by atoms with van der Waals surface area (Å²) in [5.41, 5.74) is 2.40. The molecular formula is C18H34. The maximum atomic E-state index is 2.48. The van der Waals surface area contributed by atoms with Gasteiger partial charge < -0.3 is 0 Å². The zero-order chi connectivity index (χ0) is 14.3. The number of rotatable bonds is 4. The molecule has 0 aromatic rings. The van der Waals surface area contributed by atoms with Crippen molar-refractivity contribution in [3.63, 3.8) is 0 Å². The highest BCUT2D eigenvalue weighted by Crippen LogP contribution is 2.51. The van der Waals surface area contributed by atoms with E-state index in [0.717, 1.165) is 23.7 Å². The summed E-state index contributed by atoms with van der Waals surface area (Å²) >= 11 is 0. The van der Waals surface area contributed by atoms with Gasteiger partial charge in [0.05, 0.1) is 0 Å². The third-order valence-electron chi connectivity index (χ3n) is 6.71. The lowest BCUT2D eigenvalue weighted by atomic mass is 9.60. The van der Waals surface area contributed by atoms with E-state index < -0.39 is 0 Å². The molecule has 0 spiro atoms. The van der Waals surface area contributed by atoms with Crippen molar-refractivity contribution in [1.82, 2.24) is 0 Å². The Hall–Kier alpha value is -0.260. The Bertz CT molecular complexity index is 317. The van der Waals surface area contributed by atoms with Crippen LogP contribution >= 0.6 is 0 Å². The van der Waals surface area contributed by atoms with Crippen molar-refractivity contribution in [2.45, 2.75) is 68.7 Å². The van der Waals surface area contributed by atoms with E-state index in [2.05, 4.69) is 68.4 Å². The molecule has 0 saturated carbocycles. The molecule has 0 heteroatoms. The Morgan fingerprint density at radius 3 is 2.00 bits per heavy atom. The van der Waals surface area contributed by atoms with Gasteiger partial charge in [0.2, 0.25) is 0 Å². The Morgan fingerprint density at radius 2 is 1.67 bits per heavy atom. The molecule has 3 atom stereocenters. The van der Waals surface area contributed by atoms with Gasteiger partial charge in [-0.15, -0.1) is 0 Å². The van der Waals surface area contributed by atoms with Crippen LogP contribution in [0.25, 0.3) is 0 Å². The van der Waals surface area contributed by atoms with E-state index in [0.29, 0.717) is 10.8 Å². The molecule has 0 aromatic heterocycles. The van der Waals surface area contributed by atoms with Gasteiger partial charge in [0.25, 0.3) is 0 Å². The van der Waals surface area contributed by atoms with Crippen molar-refractivity contribution >= 4 is 0 Å². The Morgan fingerprint density at radius 1 is 1.17 bits per heavy atom. The molecule has 1 rings (SSSR count). The molecule has 0 saturated heterocycles. The number of allylic oxidation sites excluding steroid dienone is 2. The number of hydrogen-bond donors (Lipinski definition) is 0. The van der Waals surface area contributed by atoms with Gasteiger partial charge in [0.15, 0.2) is 0 Å². The minimum absolute atomic E-state index is 0.390. The fourth-order valence-electron chi connectivity index (χ4n) is 3.58. The lowest BCUT2D eigenvalue weighted by molar-refractivity contribution is 0.0509. The van der Waals surface area contributed by atoms with E-state index in [-0.39, 0.29) is 0 Å². The topological polar surface area (TPSA) is 0 Å². The lowest BCUT2D eigenvalue weighted by Crippen LogP contribution is -2.38. The monoisotopic (exact) mass is 250 g/mol. The van der Waals surface area contributed by atoms with Crippen molar-refractivity contribution in [3.8, 4) is 0 Å². The second-order valence-corrected chi connectivity index (χ2v) is 8.07. The SMILES string of the molecule is CC1=CCC(C(C)C(C)C(C)(C)C(C)C)C1(C)C. The molecule has 0 heterocycles. The normalized spacial score (nSPS) is 27.2. The summed E-state index contributed by atoms with van der Waals surface area (Å²) in [6.45, 7) is 21.7. The van der Waals surface area contributed by atoms with Crippen molar-refractivity contribution in [2.24, 2.45) is 34.5 Å². The summed E-state index contributed by atoms with van der Waals surface area (Å²) in [7, 11) is 0. The van der Waals surface area contributed by atoms with E-state index in [1.54, 1.807) is 5.57 Å². The Labute approximate surface area is 115 Å². The first-order valence-corrected chi connectivity index (χ1v) is 7.70. The fourth-order valence-corrected chi connectivity index (χ4v) is 3.58. The van der Waals surface area contributed by atoms with Crippen LogP contribution in [0, 0.1) is 34.5 Å². The summed E-state index contributed by atoms with van der Waals surface area (Å²) < 4.78 is 0. The van der Waals surface area contributed by atoms with Crippen LogP contribution in [0.1, 0.15) is 68.7 Å². The van der Waals surface area contributed by atoms with Crippen LogP contribution in [0.2, 0.25) is 0 Å². The summed E-state index contributed by atoms with van der Waals surface area (Å²) in [4.78, 5) is 0. The Kier molecular flexibility index (Phi) is 4.41. The van der Waals surface area contributed by atoms with Gasteiger partial charge in [-0.25, -0.2) is 0 Å². The highest BCUT2D eigenvalue weighted by atomic mass is 14.5. The van der Waals surface area contributed by atoms with Crippen LogP contribution in [-0.4, -0.2) is 0 Å². The van der Waals surface area contributed by atoms with E-state index in [1.165, 1.54) is 6.42 Å². The molecule has 0 bridgehead atoms. The average molecular weight is 250 g/mol. The molecule has 0 N–H and O–H groups in total. The molecule has 1 aliphatic rings. The van der Waals surface area contributed by atoms with Crippen LogP contribution in [-0.2, 0) is 0 Å². The molecule has 0 nitrogen and oxygen atoms in total. The second kappa shape index (κ2) is 5.02. The lowest BCUT2D eigenvalue weighted by Gasteiger charge is -2.45. The molecular weight excluding hydrogens is 216 g/mol. The molecule has 0 radical (unpaired) electrons. The molecule has 3 unspecified atom stereocenters. The Balaban J connectivity index is 2.87. The highest BCUT2D eigenvalue weighted by Gasteiger charge is 2.43. The largest absolute Gasteiger partial charge is 0.0847 e. The van der Waals surface area contributed by atoms with Crippen LogP contribution < -0.4 is 0 Å². The van der Waals surface area contributed by atoms with Gasteiger partial charge in [0, 0.05) is 0 Å². The van der Waals surface area contributed by atoms with E-state index in [9.17, 15) is 0 Å². The zero-order valence-electron chi connectivity index (χ0n) is 14.1. The van der Waals surface area contributed by atoms with Crippen LogP contribution in [0.4, 0.5) is 0 Å². The molecule has 0 fully saturated rings. The van der Waals surface area contributed by atoms with E-state index in [4.69, 9.17) is 0 Å². The van der Waals surface area contributed by atoms with Crippen molar-refractivity contribution in [1.29, 1.82) is 0 Å². The fraction of sp³-hybridized carbons (Fsp3) is 0.889. The minimum Gasteiger partial charge on any atom is -0.0847 e. The van der Waals surface area contributed by atoms with Crippen LogP contribution in [0.3, 0.4) is 0 Å². The van der Waals surface area contributed by atoms with Crippen molar-refractivity contribution in [3.05, 3.63) is 11.6 Å². The quantitative estimate of drug-likeness (QED) is 0.542. The summed E-state index contributed by atoms with van der Waals surface area (Å²) in [5.74, 6) is 3.10. The van der Waals surface area contributed by atoms with Crippen molar-refractivity contribution < 1.29 is 0 Å². The van der Waals surface area contributed by atoms with Gasteiger partial charge in [-0.05, 0) is 47.8 Å². The maximum Gasteiger partial charge on any atom is -0.0114 e. The predicted molar refractivity (Wildman–Crippen MR) is 82.6 cm³/mol. The van der Waals surface area contributed by atoms with Gasteiger partial charge in [0.1, 0.15) is 0 Å². The van der Waals surface area contributed by atoms with Gasteiger partial charge in [-0.2, -0.15) is 0 Å². The van der Waals surface area contributed by atoms with Crippen LogP contribution in [0.15, 0.2) is 11.6 Å². The first kappa shape index (κ1) is 15.8. The smallest absolute Gasteiger partial charge is 0.0114 e. The minimum atomic E-state index is 0.390. The molecule has 18 heavy (non-hydrogen) atoms. The molecule has 0 aromatic carbocycles. The summed E-state index contributed by atoms with van der Waals surface area (Å²) in [5, 5.41) is 0. The van der Waals surface area contributed by atoms with Gasteiger partial charge in [-0.3, -0.25) is 0 Å². The average Bonchev–Trinajstić information content (AvgIpc) is 2.51. The van der Waals surface area contributed by atoms with E-state index >= 15 is 0 Å². The molecule has 1 aliphatic carbocycles. The molecule has 106 valence electrons. The highest BCUT2D eigenvalue weighted by molar-refractivity contribution is 5.19. The molecule has 0 aliphatic heterocycles. The maximum absolute atomic E-state index is 2.48. The summed E-state index contributed by atoms with van der Waals surface area (Å²) in [6, 6.07) is 0. The number of hydrogen-bond acceptors (Lipinski definition) is 0. The summed E-state index contributed by atoms with van der Waals surface area (Å²) in [6.07, 6.45) is 3.74. The van der Waals surface area contributed by atoms with Crippen LogP contribution in [0.5, 0.6) is 0 Å². The first-order valence-electron chi connectivity index (χ1n) is 7.70. The zero-order valence-corrected chi connectivity index (χ0v) is 14.1. The standard InChI is InChI=1S/C18H34/c1-12(2)17(6,7)15(5)14(4)16-11-10-13(3)18(16,8)9/h10,12,14-16H,11H2,1-9H3.